The molecule has 0 aliphatic rings. The number of carboxylic acids is 1. The average molecular weight is 572 g/mol. The molecule has 1 atom stereocenters. The molecule has 0 radical (unpaired) electrons. The van der Waals surface area contributed by atoms with E-state index in [1.807, 2.05) is 0 Å². The van der Waals surface area contributed by atoms with E-state index in [4.69, 9.17) is 9.84 Å². The molecule has 3 aromatic carbocycles. The number of alkyl halides is 3. The minimum absolute atomic E-state index is 0.0277. The second-order valence-electron chi connectivity index (χ2n) is 9.30. The van der Waals surface area contributed by atoms with Crippen LogP contribution < -0.4 is 20.7 Å². The summed E-state index contributed by atoms with van der Waals surface area (Å²) in [5.41, 5.74) is 1.21. The summed E-state index contributed by atoms with van der Waals surface area (Å²) < 4.78 is 44.7. The number of nitrogens with one attached hydrogen (secondary N) is 3. The molecule has 0 saturated carbocycles. The minimum atomic E-state index is -4.46. The van der Waals surface area contributed by atoms with E-state index in [2.05, 4.69) is 22.9 Å². The third-order valence-corrected chi connectivity index (χ3v) is 6.10. The van der Waals surface area contributed by atoms with E-state index < -0.39 is 35.7 Å². The van der Waals surface area contributed by atoms with Gasteiger partial charge in [-0.15, -0.1) is 0 Å². The first kappa shape index (κ1) is 31.0. The number of hydrogen-bond acceptors (Lipinski definition) is 4. The summed E-state index contributed by atoms with van der Waals surface area (Å²) in [6, 6.07) is 16.7. The van der Waals surface area contributed by atoms with E-state index in [0.29, 0.717) is 29.2 Å². The first-order valence-electron chi connectivity index (χ1n) is 13.1. The molecule has 11 heteroatoms. The van der Waals surface area contributed by atoms with Crippen LogP contribution in [-0.2, 0) is 17.4 Å². The highest BCUT2D eigenvalue weighted by molar-refractivity contribution is 5.94. The molecule has 0 fully saturated rings. The van der Waals surface area contributed by atoms with Gasteiger partial charge >= 0.3 is 18.2 Å². The van der Waals surface area contributed by atoms with Crippen molar-refractivity contribution in [3.63, 3.8) is 0 Å². The van der Waals surface area contributed by atoms with Gasteiger partial charge in [0.2, 0.25) is 0 Å². The van der Waals surface area contributed by atoms with Crippen molar-refractivity contribution in [2.75, 3.05) is 18.5 Å². The molecule has 0 aliphatic carbocycles. The van der Waals surface area contributed by atoms with Gasteiger partial charge in [0.1, 0.15) is 5.75 Å². The van der Waals surface area contributed by atoms with Crippen LogP contribution in [0, 0.1) is 0 Å². The van der Waals surface area contributed by atoms with Crippen molar-refractivity contribution in [3.05, 3.63) is 95.1 Å². The maximum atomic E-state index is 13.0. The summed E-state index contributed by atoms with van der Waals surface area (Å²) in [6.07, 6.45) is -2.56. The van der Waals surface area contributed by atoms with Crippen LogP contribution in [0.1, 0.15) is 59.3 Å². The number of carbonyl (C=O) groups is 3. The number of hydrogen-bond donors (Lipinski definition) is 4. The number of ether oxygens (including phenoxy) is 1. The SMILES string of the molecule is CCCCOc1ccc(NC(=O)NC(Cc2ccc(C(F)(F)F)cc2)c2ccc(C(=O)NCCC(=O)O)cc2)cc1. The number of rotatable bonds is 13. The zero-order valence-corrected chi connectivity index (χ0v) is 22.5. The molecule has 3 rings (SSSR count). The molecule has 0 heterocycles. The zero-order valence-electron chi connectivity index (χ0n) is 22.5. The standard InChI is InChI=1S/C30H32F3N3O5/c1-2-3-18-41-25-14-12-24(13-15-25)35-29(40)36-26(19-20-4-10-23(11-5-20)30(31,32)33)21-6-8-22(9-7-21)28(39)34-17-16-27(37)38/h4-15,26H,2-3,16-19H2,1H3,(H,34,39)(H,37,38)(H2,35,36,40). The number of urea groups is 1. The van der Waals surface area contributed by atoms with Crippen molar-refractivity contribution in [2.24, 2.45) is 0 Å². The number of benzene rings is 3. The summed E-state index contributed by atoms with van der Waals surface area (Å²) in [4.78, 5) is 35.9. The van der Waals surface area contributed by atoms with Gasteiger partial charge in [0.05, 0.1) is 24.6 Å². The Morgan fingerprint density at radius 3 is 2.17 bits per heavy atom. The normalized spacial score (nSPS) is 11.8. The van der Waals surface area contributed by atoms with E-state index in [1.54, 1.807) is 36.4 Å². The second-order valence-corrected chi connectivity index (χ2v) is 9.30. The van der Waals surface area contributed by atoms with E-state index in [1.165, 1.54) is 24.3 Å². The second kappa shape index (κ2) is 14.7. The Kier molecular flexibility index (Phi) is 11.1. The van der Waals surface area contributed by atoms with E-state index in [9.17, 15) is 27.6 Å². The fourth-order valence-corrected chi connectivity index (χ4v) is 3.86. The lowest BCUT2D eigenvalue weighted by Gasteiger charge is -2.21. The van der Waals surface area contributed by atoms with Gasteiger partial charge in [-0.1, -0.05) is 37.6 Å². The van der Waals surface area contributed by atoms with Crippen molar-refractivity contribution in [1.29, 1.82) is 0 Å². The Hall–Kier alpha value is -4.54. The van der Waals surface area contributed by atoms with E-state index in [0.717, 1.165) is 25.0 Å². The summed E-state index contributed by atoms with van der Waals surface area (Å²) in [7, 11) is 0. The van der Waals surface area contributed by atoms with Crippen LogP contribution in [0.15, 0.2) is 72.8 Å². The van der Waals surface area contributed by atoms with Gasteiger partial charge in [-0.05, 0) is 72.5 Å². The molecule has 218 valence electrons. The predicted molar refractivity (Wildman–Crippen MR) is 148 cm³/mol. The molecule has 0 spiro atoms. The molecule has 8 nitrogen and oxygen atoms in total. The number of carboxylic acid groups (broad SMARTS) is 1. The fraction of sp³-hybridized carbons (Fsp3) is 0.300. The van der Waals surface area contributed by atoms with Crippen molar-refractivity contribution in [2.45, 2.75) is 44.8 Å². The van der Waals surface area contributed by atoms with Crippen LogP contribution in [0.25, 0.3) is 0 Å². The maximum absolute atomic E-state index is 13.0. The van der Waals surface area contributed by atoms with Crippen LogP contribution in [-0.4, -0.2) is 36.2 Å². The molecular weight excluding hydrogens is 539 g/mol. The number of halogens is 3. The predicted octanol–water partition coefficient (Wildman–Crippen LogP) is 6.19. The Morgan fingerprint density at radius 2 is 1.59 bits per heavy atom. The quantitative estimate of drug-likeness (QED) is 0.183. The number of aliphatic carboxylic acids is 1. The molecule has 41 heavy (non-hydrogen) atoms. The summed E-state index contributed by atoms with van der Waals surface area (Å²) in [5, 5.41) is 16.9. The molecule has 0 saturated heterocycles. The smallest absolute Gasteiger partial charge is 0.416 e. The number of amides is 3. The first-order valence-corrected chi connectivity index (χ1v) is 13.1. The van der Waals surface area contributed by atoms with Gasteiger partial charge in [-0.2, -0.15) is 13.2 Å². The molecule has 0 aliphatic heterocycles. The maximum Gasteiger partial charge on any atom is 0.416 e. The lowest BCUT2D eigenvalue weighted by Crippen LogP contribution is -2.33. The van der Waals surface area contributed by atoms with Gasteiger partial charge in [0, 0.05) is 17.8 Å². The third kappa shape index (κ3) is 10.2. The molecule has 0 bridgehead atoms. The largest absolute Gasteiger partial charge is 0.494 e. The van der Waals surface area contributed by atoms with Crippen molar-refractivity contribution >= 4 is 23.6 Å². The highest BCUT2D eigenvalue weighted by Gasteiger charge is 2.30. The zero-order chi connectivity index (χ0) is 29.8. The van der Waals surface area contributed by atoms with Crippen LogP contribution in [0.3, 0.4) is 0 Å². The summed E-state index contributed by atoms with van der Waals surface area (Å²) in [5.74, 6) is -0.811. The van der Waals surface area contributed by atoms with Crippen LogP contribution in [0.2, 0.25) is 0 Å². The minimum Gasteiger partial charge on any atom is -0.494 e. The van der Waals surface area contributed by atoms with Crippen molar-refractivity contribution in [3.8, 4) is 5.75 Å². The fourth-order valence-electron chi connectivity index (χ4n) is 3.86. The lowest BCUT2D eigenvalue weighted by molar-refractivity contribution is -0.138. The topological polar surface area (TPSA) is 117 Å². The lowest BCUT2D eigenvalue weighted by atomic mass is 9.97. The van der Waals surface area contributed by atoms with Crippen molar-refractivity contribution < 1.29 is 37.4 Å². The molecule has 3 amide bonds. The van der Waals surface area contributed by atoms with Gasteiger partial charge in [-0.3, -0.25) is 9.59 Å². The average Bonchev–Trinajstić information content (AvgIpc) is 2.93. The third-order valence-electron chi connectivity index (χ3n) is 6.10. The first-order chi connectivity index (χ1) is 19.5. The Morgan fingerprint density at radius 1 is 0.927 bits per heavy atom. The molecule has 1 unspecified atom stereocenters. The van der Waals surface area contributed by atoms with E-state index >= 15 is 0 Å². The molecule has 4 N–H and O–H groups in total. The number of carbonyl (C=O) groups excluding carboxylic acids is 2. The van der Waals surface area contributed by atoms with E-state index in [-0.39, 0.29) is 24.9 Å². The van der Waals surface area contributed by atoms with Gasteiger partial charge < -0.3 is 25.8 Å². The highest BCUT2D eigenvalue weighted by Crippen LogP contribution is 2.30. The molecular formula is C30H32F3N3O5. The Balaban J connectivity index is 1.73. The van der Waals surface area contributed by atoms with Crippen LogP contribution in [0.4, 0.5) is 23.7 Å². The Bertz CT molecular complexity index is 1290. The Labute approximate surface area is 235 Å². The van der Waals surface area contributed by atoms with Gasteiger partial charge in [0.15, 0.2) is 0 Å². The number of unbranched alkanes of at least 4 members (excludes halogenated alkanes) is 1. The van der Waals surface area contributed by atoms with Crippen LogP contribution >= 0.6 is 0 Å². The summed E-state index contributed by atoms with van der Waals surface area (Å²) in [6.45, 7) is 2.63. The van der Waals surface area contributed by atoms with Crippen LogP contribution in [0.5, 0.6) is 5.75 Å². The van der Waals surface area contributed by atoms with Gasteiger partial charge in [0.25, 0.3) is 5.91 Å². The highest BCUT2D eigenvalue weighted by atomic mass is 19.4. The summed E-state index contributed by atoms with van der Waals surface area (Å²) >= 11 is 0. The molecule has 0 aromatic heterocycles. The molecule has 3 aromatic rings. The van der Waals surface area contributed by atoms with Crippen molar-refractivity contribution in [1.82, 2.24) is 10.6 Å². The van der Waals surface area contributed by atoms with Gasteiger partial charge in [-0.25, -0.2) is 4.79 Å². The monoisotopic (exact) mass is 571 g/mol. The number of anilines is 1.